The van der Waals surface area contributed by atoms with Gasteiger partial charge >= 0.3 is 0 Å². The number of nitrogens with zero attached hydrogens (tertiary/aromatic N) is 1. The lowest BCUT2D eigenvalue weighted by molar-refractivity contribution is 0.361. The van der Waals surface area contributed by atoms with Crippen molar-refractivity contribution in [3.05, 3.63) is 35.1 Å². The van der Waals surface area contributed by atoms with Crippen LogP contribution in [0.15, 0.2) is 35.1 Å². The topological polar surface area (TPSA) is 22.1 Å². The molecule has 0 aliphatic carbocycles. The second-order valence-corrected chi connectivity index (χ2v) is 3.50. The standard InChI is InChI=1S/C9H9BrClNO/c10-8-5-9(7-12-6-8)13-4-2-1-3-11/h1-2,5-7H,3-4H2. The van der Waals surface area contributed by atoms with Crippen molar-refractivity contribution >= 4 is 27.5 Å². The molecule has 0 aliphatic rings. The third-order valence-corrected chi connectivity index (χ3v) is 1.89. The van der Waals surface area contributed by atoms with Crippen LogP contribution in [0.2, 0.25) is 0 Å². The van der Waals surface area contributed by atoms with E-state index in [0.717, 1.165) is 10.2 Å². The second-order valence-electron chi connectivity index (χ2n) is 2.28. The lowest BCUT2D eigenvalue weighted by Gasteiger charge is -2.01. The third-order valence-electron chi connectivity index (χ3n) is 1.28. The molecule has 13 heavy (non-hydrogen) atoms. The van der Waals surface area contributed by atoms with Gasteiger partial charge in [0, 0.05) is 16.5 Å². The Balaban J connectivity index is 2.41. The van der Waals surface area contributed by atoms with Gasteiger partial charge in [-0.2, -0.15) is 0 Å². The maximum absolute atomic E-state index is 5.45. The summed E-state index contributed by atoms with van der Waals surface area (Å²) in [6, 6.07) is 1.86. The van der Waals surface area contributed by atoms with E-state index in [2.05, 4.69) is 20.9 Å². The van der Waals surface area contributed by atoms with Crippen LogP contribution >= 0.6 is 27.5 Å². The number of hydrogen-bond acceptors (Lipinski definition) is 2. The monoisotopic (exact) mass is 261 g/mol. The van der Waals surface area contributed by atoms with Crippen molar-refractivity contribution in [2.75, 3.05) is 12.5 Å². The first kappa shape index (κ1) is 10.5. The van der Waals surface area contributed by atoms with Crippen LogP contribution in [0.25, 0.3) is 0 Å². The molecule has 0 radical (unpaired) electrons. The van der Waals surface area contributed by atoms with Crippen LogP contribution in [0.4, 0.5) is 0 Å². The molecule has 0 saturated carbocycles. The van der Waals surface area contributed by atoms with Crippen molar-refractivity contribution in [3.63, 3.8) is 0 Å². The van der Waals surface area contributed by atoms with Gasteiger partial charge in [0.25, 0.3) is 0 Å². The summed E-state index contributed by atoms with van der Waals surface area (Å²) in [6.45, 7) is 0.519. The van der Waals surface area contributed by atoms with E-state index in [1.807, 2.05) is 18.2 Å². The summed E-state index contributed by atoms with van der Waals surface area (Å²) in [6.07, 6.45) is 7.08. The second kappa shape index (κ2) is 6.00. The Morgan fingerprint density at radius 3 is 3.00 bits per heavy atom. The minimum absolute atomic E-state index is 0.514. The van der Waals surface area contributed by atoms with E-state index in [-0.39, 0.29) is 0 Å². The smallest absolute Gasteiger partial charge is 0.139 e. The quantitative estimate of drug-likeness (QED) is 0.615. The van der Waals surface area contributed by atoms with Gasteiger partial charge in [-0.25, -0.2) is 0 Å². The molecule has 70 valence electrons. The van der Waals surface area contributed by atoms with Crippen LogP contribution < -0.4 is 4.74 Å². The van der Waals surface area contributed by atoms with Crippen molar-refractivity contribution in [3.8, 4) is 5.75 Å². The Morgan fingerprint density at radius 2 is 2.31 bits per heavy atom. The van der Waals surface area contributed by atoms with Crippen molar-refractivity contribution in [1.29, 1.82) is 0 Å². The first-order valence-corrected chi connectivity index (χ1v) is 5.10. The SMILES string of the molecule is ClCC=CCOc1cncc(Br)c1. The highest BCUT2D eigenvalue weighted by Crippen LogP contribution is 2.15. The number of halogens is 2. The van der Waals surface area contributed by atoms with Gasteiger partial charge in [0.15, 0.2) is 0 Å². The number of hydrogen-bond donors (Lipinski definition) is 0. The molecule has 0 aromatic carbocycles. The third kappa shape index (κ3) is 4.29. The largest absolute Gasteiger partial charge is 0.488 e. The number of pyridine rings is 1. The Kier molecular flexibility index (Phi) is 4.86. The summed E-state index contributed by atoms with van der Waals surface area (Å²) in [5.41, 5.74) is 0. The predicted molar refractivity (Wildman–Crippen MR) is 57.3 cm³/mol. The molecular formula is C9H9BrClNO. The number of allylic oxidation sites excluding steroid dienone is 1. The van der Waals surface area contributed by atoms with E-state index in [9.17, 15) is 0 Å². The fourth-order valence-electron chi connectivity index (χ4n) is 0.747. The highest BCUT2D eigenvalue weighted by Gasteiger charge is 1.92. The van der Waals surface area contributed by atoms with Crippen LogP contribution in [-0.4, -0.2) is 17.5 Å². The molecule has 0 fully saturated rings. The van der Waals surface area contributed by atoms with Gasteiger partial charge in [0.05, 0.1) is 6.20 Å². The van der Waals surface area contributed by atoms with Crippen molar-refractivity contribution in [2.45, 2.75) is 0 Å². The molecule has 0 amide bonds. The Labute approximate surface area is 90.7 Å². The summed E-state index contributed by atoms with van der Waals surface area (Å²) in [5, 5.41) is 0. The first-order chi connectivity index (χ1) is 6.33. The molecule has 1 aromatic rings. The number of rotatable bonds is 4. The molecule has 1 heterocycles. The maximum atomic E-state index is 5.45. The van der Waals surface area contributed by atoms with Crippen molar-refractivity contribution in [2.24, 2.45) is 0 Å². The highest BCUT2D eigenvalue weighted by atomic mass is 79.9. The normalized spacial score (nSPS) is 10.6. The molecule has 2 nitrogen and oxygen atoms in total. The van der Waals surface area contributed by atoms with Crippen LogP contribution in [0.1, 0.15) is 0 Å². The predicted octanol–water partition coefficient (Wildman–Crippen LogP) is 3.02. The summed E-state index contributed by atoms with van der Waals surface area (Å²) in [4.78, 5) is 3.96. The van der Waals surface area contributed by atoms with Gasteiger partial charge in [-0.15, -0.1) is 11.6 Å². The Hall–Kier alpha value is -0.540. The van der Waals surface area contributed by atoms with Gasteiger partial charge in [-0.05, 0) is 22.0 Å². The van der Waals surface area contributed by atoms with E-state index in [1.54, 1.807) is 12.4 Å². The number of aromatic nitrogens is 1. The molecule has 0 spiro atoms. The van der Waals surface area contributed by atoms with E-state index in [0.29, 0.717) is 12.5 Å². The van der Waals surface area contributed by atoms with E-state index in [4.69, 9.17) is 16.3 Å². The molecule has 0 bridgehead atoms. The van der Waals surface area contributed by atoms with E-state index in [1.165, 1.54) is 0 Å². The molecular weight excluding hydrogens is 253 g/mol. The molecule has 0 unspecified atom stereocenters. The number of ether oxygens (including phenoxy) is 1. The zero-order valence-corrected chi connectivity index (χ0v) is 9.25. The molecule has 1 aromatic heterocycles. The summed E-state index contributed by atoms with van der Waals surface area (Å²) in [5.74, 6) is 1.26. The highest BCUT2D eigenvalue weighted by molar-refractivity contribution is 9.10. The minimum Gasteiger partial charge on any atom is -0.488 e. The summed E-state index contributed by atoms with van der Waals surface area (Å²) in [7, 11) is 0. The molecule has 0 aliphatic heterocycles. The van der Waals surface area contributed by atoms with Crippen LogP contribution in [0, 0.1) is 0 Å². The molecule has 0 saturated heterocycles. The average Bonchev–Trinajstić information content (AvgIpc) is 2.13. The lowest BCUT2D eigenvalue weighted by Crippen LogP contribution is -1.93. The van der Waals surface area contributed by atoms with Crippen LogP contribution in [0.3, 0.4) is 0 Å². The zero-order chi connectivity index (χ0) is 9.52. The van der Waals surface area contributed by atoms with Crippen LogP contribution in [0.5, 0.6) is 5.75 Å². The Morgan fingerprint density at radius 1 is 1.46 bits per heavy atom. The minimum atomic E-state index is 0.514. The van der Waals surface area contributed by atoms with E-state index >= 15 is 0 Å². The molecule has 1 rings (SSSR count). The average molecular weight is 263 g/mol. The first-order valence-electron chi connectivity index (χ1n) is 3.77. The van der Waals surface area contributed by atoms with Crippen molar-refractivity contribution in [1.82, 2.24) is 4.98 Å². The fraction of sp³-hybridized carbons (Fsp3) is 0.222. The number of alkyl halides is 1. The van der Waals surface area contributed by atoms with Gasteiger partial charge < -0.3 is 4.74 Å². The van der Waals surface area contributed by atoms with Gasteiger partial charge in [-0.1, -0.05) is 12.2 Å². The fourth-order valence-corrected chi connectivity index (χ4v) is 1.22. The molecule has 0 atom stereocenters. The van der Waals surface area contributed by atoms with Crippen LogP contribution in [-0.2, 0) is 0 Å². The lowest BCUT2D eigenvalue weighted by atomic mass is 10.4. The van der Waals surface area contributed by atoms with Crippen molar-refractivity contribution < 1.29 is 4.74 Å². The van der Waals surface area contributed by atoms with E-state index < -0.39 is 0 Å². The maximum Gasteiger partial charge on any atom is 0.139 e. The van der Waals surface area contributed by atoms with Gasteiger partial charge in [-0.3, -0.25) is 4.98 Å². The summed E-state index contributed by atoms with van der Waals surface area (Å²) < 4.78 is 6.26. The summed E-state index contributed by atoms with van der Waals surface area (Å²) >= 11 is 8.75. The zero-order valence-electron chi connectivity index (χ0n) is 6.91. The van der Waals surface area contributed by atoms with Gasteiger partial charge in [0.2, 0.25) is 0 Å². The van der Waals surface area contributed by atoms with Gasteiger partial charge in [0.1, 0.15) is 12.4 Å². The molecule has 0 N–H and O–H groups in total. The molecule has 4 heteroatoms. The Bertz CT molecular complexity index is 291.